The lowest BCUT2D eigenvalue weighted by Crippen LogP contribution is -2.34. The van der Waals surface area contributed by atoms with E-state index >= 15 is 0 Å². The molecule has 10 nitrogen and oxygen atoms in total. The summed E-state index contributed by atoms with van der Waals surface area (Å²) in [4.78, 5) is 15.4. The average molecular weight is 607 g/mol. The molecular formula is C32H38N4O6S. The van der Waals surface area contributed by atoms with Gasteiger partial charge in [0.25, 0.3) is 5.91 Å². The van der Waals surface area contributed by atoms with Crippen LogP contribution in [0.15, 0.2) is 94.5 Å². The molecule has 0 atom stereocenters. The summed E-state index contributed by atoms with van der Waals surface area (Å²) in [5, 5.41) is 5.93. The SMILES string of the molecule is CCN(CCNS(C)(=O)=O)c1ccc(C=CC2=C/C(=C3/C(=O)N(c4ccccc4)N=C3C)C=C(C)O2)c(OCCOC)c1. The monoisotopic (exact) mass is 606 g/mol. The number of benzene rings is 2. The van der Waals surface area contributed by atoms with Crippen molar-refractivity contribution in [3.63, 3.8) is 0 Å². The number of para-hydroxylation sites is 1. The van der Waals surface area contributed by atoms with Gasteiger partial charge < -0.3 is 19.1 Å². The van der Waals surface area contributed by atoms with E-state index in [4.69, 9.17) is 14.2 Å². The number of carbonyl (C=O) groups excluding carboxylic acids is 1. The first-order valence-electron chi connectivity index (χ1n) is 14.0. The number of rotatable bonds is 13. The number of hydrazone groups is 1. The summed E-state index contributed by atoms with van der Waals surface area (Å²) < 4.78 is 42.7. The van der Waals surface area contributed by atoms with Crippen molar-refractivity contribution in [2.75, 3.05) is 56.1 Å². The highest BCUT2D eigenvalue weighted by atomic mass is 32.2. The van der Waals surface area contributed by atoms with Crippen molar-refractivity contribution in [1.82, 2.24) is 4.72 Å². The number of allylic oxidation sites excluding steroid dienone is 5. The number of hydrogen-bond acceptors (Lipinski definition) is 8. The summed E-state index contributed by atoms with van der Waals surface area (Å²) in [6.07, 6.45) is 8.55. The lowest BCUT2D eigenvalue weighted by atomic mass is 10.0. The van der Waals surface area contributed by atoms with Crippen molar-refractivity contribution in [2.24, 2.45) is 5.10 Å². The van der Waals surface area contributed by atoms with Gasteiger partial charge in [-0.1, -0.05) is 18.2 Å². The molecule has 2 aliphatic rings. The smallest absolute Gasteiger partial charge is 0.281 e. The van der Waals surface area contributed by atoms with E-state index in [9.17, 15) is 13.2 Å². The summed E-state index contributed by atoms with van der Waals surface area (Å²) in [6, 6.07) is 15.2. The molecule has 0 spiro atoms. The highest BCUT2D eigenvalue weighted by molar-refractivity contribution is 7.88. The van der Waals surface area contributed by atoms with Crippen LogP contribution in [0.2, 0.25) is 0 Å². The zero-order valence-corrected chi connectivity index (χ0v) is 26.0. The van der Waals surface area contributed by atoms with E-state index in [0.29, 0.717) is 67.1 Å². The number of nitrogens with one attached hydrogen (secondary N) is 1. The second-order valence-corrected chi connectivity index (χ2v) is 11.8. The first-order valence-corrected chi connectivity index (χ1v) is 15.9. The van der Waals surface area contributed by atoms with E-state index in [-0.39, 0.29) is 5.91 Å². The molecule has 1 amide bonds. The molecule has 0 unspecified atom stereocenters. The van der Waals surface area contributed by atoms with Crippen molar-refractivity contribution < 1.29 is 27.4 Å². The first kappa shape index (κ1) is 31.7. The van der Waals surface area contributed by atoms with Crippen LogP contribution < -0.4 is 19.4 Å². The third-order valence-electron chi connectivity index (χ3n) is 6.71. The van der Waals surface area contributed by atoms with Gasteiger partial charge in [0.2, 0.25) is 10.0 Å². The normalized spacial score (nSPS) is 17.1. The Kier molecular flexibility index (Phi) is 10.6. The molecule has 2 heterocycles. The maximum atomic E-state index is 13.4. The van der Waals surface area contributed by atoms with Gasteiger partial charge in [0.1, 0.15) is 23.9 Å². The van der Waals surface area contributed by atoms with Crippen LogP contribution in [0.3, 0.4) is 0 Å². The predicted molar refractivity (Wildman–Crippen MR) is 171 cm³/mol. The van der Waals surface area contributed by atoms with Crippen LogP contribution in [-0.4, -0.2) is 66.3 Å². The lowest BCUT2D eigenvalue weighted by Gasteiger charge is -2.24. The van der Waals surface area contributed by atoms with Crippen molar-refractivity contribution in [2.45, 2.75) is 20.8 Å². The van der Waals surface area contributed by atoms with E-state index in [0.717, 1.165) is 23.1 Å². The molecule has 0 radical (unpaired) electrons. The van der Waals surface area contributed by atoms with Crippen LogP contribution in [0.25, 0.3) is 6.08 Å². The van der Waals surface area contributed by atoms with Crippen LogP contribution in [0, 0.1) is 0 Å². The number of sulfonamides is 1. The van der Waals surface area contributed by atoms with Gasteiger partial charge in [-0.3, -0.25) is 4.79 Å². The Morgan fingerprint density at radius 2 is 1.84 bits per heavy atom. The quantitative estimate of drug-likeness (QED) is 0.261. The van der Waals surface area contributed by atoms with Gasteiger partial charge in [-0.15, -0.1) is 0 Å². The summed E-state index contributed by atoms with van der Waals surface area (Å²) in [5.41, 5.74) is 4.31. The summed E-state index contributed by atoms with van der Waals surface area (Å²) in [5.74, 6) is 1.67. The number of hydrogen-bond donors (Lipinski definition) is 1. The van der Waals surface area contributed by atoms with Crippen LogP contribution in [-0.2, 0) is 24.3 Å². The minimum Gasteiger partial charge on any atom is -0.490 e. The Balaban J connectivity index is 1.60. The minimum atomic E-state index is -3.27. The van der Waals surface area contributed by atoms with Crippen molar-refractivity contribution in [3.8, 4) is 5.75 Å². The van der Waals surface area contributed by atoms with E-state index in [2.05, 4.69) is 14.7 Å². The Bertz CT molecular complexity index is 1590. The second-order valence-electron chi connectivity index (χ2n) is 10.0. The predicted octanol–water partition coefficient (Wildman–Crippen LogP) is 4.64. The average Bonchev–Trinajstić information content (AvgIpc) is 3.27. The van der Waals surface area contributed by atoms with Crippen LogP contribution in [0.5, 0.6) is 5.75 Å². The number of nitrogens with zero attached hydrogens (tertiary/aromatic N) is 3. The van der Waals surface area contributed by atoms with Gasteiger partial charge in [0.05, 0.1) is 29.8 Å². The van der Waals surface area contributed by atoms with E-state index in [1.807, 2.05) is 93.6 Å². The molecule has 2 aromatic carbocycles. The molecule has 2 aromatic rings. The highest BCUT2D eigenvalue weighted by Crippen LogP contribution is 2.31. The fourth-order valence-corrected chi connectivity index (χ4v) is 5.15. The molecule has 228 valence electrons. The number of ether oxygens (including phenoxy) is 3. The molecular weight excluding hydrogens is 568 g/mol. The summed E-state index contributed by atoms with van der Waals surface area (Å²) in [7, 11) is -1.65. The molecule has 0 saturated heterocycles. The zero-order chi connectivity index (χ0) is 31.0. The number of likely N-dealkylation sites (N-methyl/N-ethyl adjacent to an activating group) is 1. The molecule has 11 heteroatoms. The van der Waals surface area contributed by atoms with Crippen LogP contribution >= 0.6 is 0 Å². The van der Waals surface area contributed by atoms with Gasteiger partial charge in [-0.2, -0.15) is 10.1 Å². The molecule has 0 aliphatic carbocycles. The van der Waals surface area contributed by atoms with E-state index in [1.165, 1.54) is 5.01 Å². The Hall–Kier alpha value is -4.19. The molecule has 2 aliphatic heterocycles. The standard InChI is InChI=1S/C32H38N4O6S/c1-6-35(17-16-33-43(5,38)39)28-14-12-25(30(22-28)41-19-18-40-4)13-15-29-21-26(20-23(2)42-29)31-24(3)34-36(32(31)37)27-10-8-7-9-11-27/h7-15,20-22,33H,6,16-19H2,1-5H3/b15-13?,31-26+. The Morgan fingerprint density at radius 1 is 1.07 bits per heavy atom. The van der Waals surface area contributed by atoms with Gasteiger partial charge in [0.15, 0.2) is 0 Å². The van der Waals surface area contributed by atoms with Gasteiger partial charge in [0, 0.05) is 44.1 Å². The van der Waals surface area contributed by atoms with E-state index in [1.54, 1.807) is 7.11 Å². The van der Waals surface area contributed by atoms with Crippen molar-refractivity contribution in [1.29, 1.82) is 0 Å². The molecule has 43 heavy (non-hydrogen) atoms. The molecule has 0 aromatic heterocycles. The van der Waals surface area contributed by atoms with Gasteiger partial charge >= 0.3 is 0 Å². The highest BCUT2D eigenvalue weighted by Gasteiger charge is 2.31. The van der Waals surface area contributed by atoms with Crippen LogP contribution in [0.4, 0.5) is 11.4 Å². The minimum absolute atomic E-state index is 0.194. The third-order valence-corrected chi connectivity index (χ3v) is 7.43. The molecule has 0 saturated carbocycles. The van der Waals surface area contributed by atoms with Gasteiger partial charge in [-0.25, -0.2) is 13.1 Å². The Morgan fingerprint density at radius 3 is 2.53 bits per heavy atom. The van der Waals surface area contributed by atoms with Crippen LogP contribution in [0.1, 0.15) is 26.3 Å². The van der Waals surface area contributed by atoms with Crippen molar-refractivity contribution >= 4 is 39.1 Å². The fourth-order valence-electron chi connectivity index (χ4n) is 4.69. The summed E-state index contributed by atoms with van der Waals surface area (Å²) in [6.45, 7) is 7.94. The molecule has 0 bridgehead atoms. The summed E-state index contributed by atoms with van der Waals surface area (Å²) >= 11 is 0. The number of carbonyl (C=O) groups is 1. The van der Waals surface area contributed by atoms with Crippen molar-refractivity contribution in [3.05, 3.63) is 95.0 Å². The molecule has 0 fully saturated rings. The second kappa shape index (κ2) is 14.3. The Labute approximate surface area is 253 Å². The number of methoxy groups -OCH3 is 1. The molecule has 1 N–H and O–H groups in total. The fraction of sp³-hybridized carbons (Fsp3) is 0.312. The topological polar surface area (TPSA) is 110 Å². The molecule has 4 rings (SSSR count). The third kappa shape index (κ3) is 8.44. The lowest BCUT2D eigenvalue weighted by molar-refractivity contribution is -0.114. The number of amides is 1. The van der Waals surface area contributed by atoms with Gasteiger partial charge in [-0.05, 0) is 74.9 Å². The maximum Gasteiger partial charge on any atom is 0.281 e. The number of anilines is 2. The maximum absolute atomic E-state index is 13.4. The first-order chi connectivity index (χ1) is 20.6. The van der Waals surface area contributed by atoms with E-state index < -0.39 is 10.0 Å². The zero-order valence-electron chi connectivity index (χ0n) is 25.2. The largest absolute Gasteiger partial charge is 0.490 e.